The van der Waals surface area contributed by atoms with Crippen LogP contribution in [0.2, 0.25) is 0 Å². The highest BCUT2D eigenvalue weighted by Gasteiger charge is 2.38. The number of halogens is 4. The van der Waals surface area contributed by atoms with Gasteiger partial charge in [0.1, 0.15) is 0 Å². The fraction of sp³-hybridized carbons (Fsp3) is 0.125. The Balaban J connectivity index is 2.60. The van der Waals surface area contributed by atoms with Gasteiger partial charge in [-0.3, -0.25) is 4.98 Å². The van der Waals surface area contributed by atoms with Crippen molar-refractivity contribution in [2.24, 2.45) is 0 Å². The lowest BCUT2D eigenvalue weighted by molar-refractivity contribution is -0.143. The Bertz CT molecular complexity index is 494. The summed E-state index contributed by atoms with van der Waals surface area (Å²) in [7, 11) is 0. The number of rotatable bonds is 1. The van der Waals surface area contributed by atoms with E-state index in [-0.39, 0.29) is 10.3 Å². The van der Waals surface area contributed by atoms with E-state index in [0.29, 0.717) is 4.68 Å². The van der Waals surface area contributed by atoms with Crippen LogP contribution < -0.4 is 0 Å². The molecule has 0 radical (unpaired) electrons. The van der Waals surface area contributed by atoms with Crippen molar-refractivity contribution in [3.63, 3.8) is 0 Å². The first-order chi connectivity index (χ1) is 7.50. The Labute approximate surface area is 96.3 Å². The van der Waals surface area contributed by atoms with Gasteiger partial charge in [0.05, 0.1) is 16.9 Å². The van der Waals surface area contributed by atoms with Crippen molar-refractivity contribution in [3.05, 3.63) is 35.0 Å². The number of aromatic nitrogens is 4. The molecule has 8 heteroatoms. The first-order valence-electron chi connectivity index (χ1n) is 4.07. The van der Waals surface area contributed by atoms with Crippen molar-refractivity contribution < 1.29 is 13.2 Å². The zero-order chi connectivity index (χ0) is 11.8. The Morgan fingerprint density at radius 2 is 1.94 bits per heavy atom. The number of hydrogen-bond donors (Lipinski definition) is 0. The third-order valence-electron chi connectivity index (χ3n) is 1.76. The fourth-order valence-electron chi connectivity index (χ4n) is 1.16. The van der Waals surface area contributed by atoms with E-state index in [1.54, 1.807) is 0 Å². The molecule has 0 bridgehead atoms. The Kier molecular flexibility index (Phi) is 2.66. The summed E-state index contributed by atoms with van der Waals surface area (Å²) in [6.07, 6.45) is 0.430. The minimum Gasteiger partial charge on any atom is -0.259 e. The first-order valence-corrected chi connectivity index (χ1v) is 4.86. The van der Waals surface area contributed by atoms with E-state index >= 15 is 0 Å². The van der Waals surface area contributed by atoms with E-state index in [2.05, 4.69) is 31.0 Å². The highest BCUT2D eigenvalue weighted by molar-refractivity contribution is 9.10. The highest BCUT2D eigenvalue weighted by atomic mass is 79.9. The fourth-order valence-corrected chi connectivity index (χ4v) is 1.64. The summed E-state index contributed by atoms with van der Waals surface area (Å²) in [6, 6.07) is 0. The van der Waals surface area contributed by atoms with Gasteiger partial charge in [0.25, 0.3) is 0 Å². The van der Waals surface area contributed by atoms with Gasteiger partial charge in [0.15, 0.2) is 11.5 Å². The van der Waals surface area contributed by atoms with Crippen molar-refractivity contribution in [2.75, 3.05) is 0 Å². The van der Waals surface area contributed by atoms with Crippen molar-refractivity contribution in [2.45, 2.75) is 6.18 Å². The lowest BCUT2D eigenvalue weighted by Gasteiger charge is -2.09. The highest BCUT2D eigenvalue weighted by Crippen LogP contribution is 2.35. The van der Waals surface area contributed by atoms with Crippen LogP contribution in [0.1, 0.15) is 5.69 Å². The van der Waals surface area contributed by atoms with Gasteiger partial charge in [-0.15, -0.1) is 0 Å². The Morgan fingerprint density at radius 3 is 2.50 bits per heavy atom. The summed E-state index contributed by atoms with van der Waals surface area (Å²) < 4.78 is 38.6. The standard InChI is InChI=1S/C8H4BrF3N4/c9-5-3-15-16(7(5)8(10,11)12)6-4-13-1-2-14-6/h1-4H. The molecule has 2 aromatic heterocycles. The monoisotopic (exact) mass is 292 g/mol. The molecule has 16 heavy (non-hydrogen) atoms. The van der Waals surface area contributed by atoms with Crippen LogP contribution in [0.15, 0.2) is 29.3 Å². The lowest BCUT2D eigenvalue weighted by Crippen LogP contribution is -2.14. The van der Waals surface area contributed by atoms with Crippen LogP contribution in [0, 0.1) is 0 Å². The van der Waals surface area contributed by atoms with Gasteiger partial charge >= 0.3 is 6.18 Å². The van der Waals surface area contributed by atoms with Crippen LogP contribution in [0.25, 0.3) is 5.82 Å². The van der Waals surface area contributed by atoms with Crippen molar-refractivity contribution in [1.29, 1.82) is 0 Å². The smallest absolute Gasteiger partial charge is 0.259 e. The molecular formula is C8H4BrF3N4. The van der Waals surface area contributed by atoms with Gasteiger partial charge in [0, 0.05) is 12.4 Å². The van der Waals surface area contributed by atoms with E-state index in [9.17, 15) is 13.2 Å². The van der Waals surface area contributed by atoms with Gasteiger partial charge in [-0.25, -0.2) is 9.67 Å². The molecule has 0 unspecified atom stereocenters. The summed E-state index contributed by atoms with van der Waals surface area (Å²) in [5.74, 6) is 0.0144. The normalized spacial score (nSPS) is 11.8. The molecule has 0 amide bonds. The van der Waals surface area contributed by atoms with Crippen molar-refractivity contribution >= 4 is 15.9 Å². The molecule has 2 heterocycles. The minimum absolute atomic E-state index is 0.0144. The van der Waals surface area contributed by atoms with Gasteiger partial charge in [-0.1, -0.05) is 0 Å². The molecule has 0 saturated carbocycles. The van der Waals surface area contributed by atoms with E-state index in [1.807, 2.05) is 0 Å². The maximum absolute atomic E-state index is 12.7. The summed E-state index contributed by atoms with van der Waals surface area (Å²) >= 11 is 2.80. The number of alkyl halides is 3. The third-order valence-corrected chi connectivity index (χ3v) is 2.34. The van der Waals surface area contributed by atoms with Gasteiger partial charge in [-0.2, -0.15) is 18.3 Å². The predicted octanol–water partition coefficient (Wildman–Crippen LogP) is 2.44. The summed E-state index contributed by atoms with van der Waals surface area (Å²) in [5.41, 5.74) is -0.909. The van der Waals surface area contributed by atoms with Crippen molar-refractivity contribution in [1.82, 2.24) is 19.7 Å². The van der Waals surface area contributed by atoms with Crippen LogP contribution in [-0.4, -0.2) is 19.7 Å². The average molecular weight is 293 g/mol. The summed E-state index contributed by atoms with van der Waals surface area (Å²) in [4.78, 5) is 7.44. The Morgan fingerprint density at radius 1 is 1.19 bits per heavy atom. The van der Waals surface area contributed by atoms with Crippen LogP contribution in [-0.2, 0) is 6.18 Å². The molecule has 0 atom stereocenters. The lowest BCUT2D eigenvalue weighted by atomic mass is 10.4. The van der Waals surface area contributed by atoms with Crippen LogP contribution in [0.4, 0.5) is 13.2 Å². The molecule has 0 aromatic carbocycles. The van der Waals surface area contributed by atoms with Crippen LogP contribution in [0.3, 0.4) is 0 Å². The molecule has 2 rings (SSSR count). The van der Waals surface area contributed by atoms with E-state index in [4.69, 9.17) is 0 Å². The second-order valence-corrected chi connectivity index (χ2v) is 3.67. The second-order valence-electron chi connectivity index (χ2n) is 2.81. The molecular weight excluding hydrogens is 289 g/mol. The molecule has 0 aliphatic heterocycles. The topological polar surface area (TPSA) is 43.6 Å². The summed E-state index contributed by atoms with van der Waals surface area (Å²) in [6.45, 7) is 0. The third kappa shape index (κ3) is 1.92. The Hall–Kier alpha value is -1.44. The van der Waals surface area contributed by atoms with E-state index in [1.165, 1.54) is 18.6 Å². The van der Waals surface area contributed by atoms with E-state index < -0.39 is 11.9 Å². The number of hydrogen-bond acceptors (Lipinski definition) is 3. The molecule has 0 fully saturated rings. The zero-order valence-electron chi connectivity index (χ0n) is 7.61. The molecule has 4 nitrogen and oxygen atoms in total. The average Bonchev–Trinajstić information content (AvgIpc) is 2.61. The number of nitrogens with zero attached hydrogens (tertiary/aromatic N) is 4. The van der Waals surface area contributed by atoms with E-state index in [0.717, 1.165) is 6.20 Å². The van der Waals surface area contributed by atoms with Gasteiger partial charge < -0.3 is 0 Å². The van der Waals surface area contributed by atoms with Crippen LogP contribution in [0.5, 0.6) is 0 Å². The largest absolute Gasteiger partial charge is 0.434 e. The quantitative estimate of drug-likeness (QED) is 0.811. The maximum Gasteiger partial charge on any atom is 0.434 e. The predicted molar refractivity (Wildman–Crippen MR) is 51.9 cm³/mol. The summed E-state index contributed by atoms with van der Waals surface area (Å²) in [5, 5.41) is 3.60. The molecule has 0 saturated heterocycles. The molecule has 2 aromatic rings. The second kappa shape index (κ2) is 3.85. The first kappa shape index (κ1) is 11.1. The minimum atomic E-state index is -4.51. The van der Waals surface area contributed by atoms with Gasteiger partial charge in [0.2, 0.25) is 0 Å². The molecule has 0 N–H and O–H groups in total. The molecule has 0 aliphatic carbocycles. The SMILES string of the molecule is FC(F)(F)c1c(Br)cnn1-c1cnccn1. The zero-order valence-corrected chi connectivity index (χ0v) is 9.20. The molecule has 0 aliphatic rings. The maximum atomic E-state index is 12.7. The molecule has 0 spiro atoms. The van der Waals surface area contributed by atoms with Crippen LogP contribution >= 0.6 is 15.9 Å². The van der Waals surface area contributed by atoms with Crippen molar-refractivity contribution in [3.8, 4) is 5.82 Å². The van der Waals surface area contributed by atoms with Gasteiger partial charge in [-0.05, 0) is 15.9 Å². The molecule has 84 valence electrons.